The van der Waals surface area contributed by atoms with Crippen molar-refractivity contribution >= 4 is 17.3 Å². The van der Waals surface area contributed by atoms with Gasteiger partial charge in [0.15, 0.2) is 0 Å². The zero-order chi connectivity index (χ0) is 13.1. The second-order valence-electron chi connectivity index (χ2n) is 5.32. The number of nitrogens with one attached hydrogen (secondary N) is 1. The van der Waals surface area contributed by atoms with Crippen molar-refractivity contribution in [2.24, 2.45) is 5.92 Å². The van der Waals surface area contributed by atoms with E-state index in [-0.39, 0.29) is 5.82 Å². The molecule has 1 aliphatic rings. The first-order chi connectivity index (χ1) is 8.56. The number of hydrogen-bond donors (Lipinski definition) is 1. The molecule has 1 unspecified atom stereocenters. The molecule has 1 saturated heterocycles. The minimum atomic E-state index is -0.190. The van der Waals surface area contributed by atoms with Gasteiger partial charge in [0.2, 0.25) is 0 Å². The maximum Gasteiger partial charge on any atom is 0.146 e. The van der Waals surface area contributed by atoms with Crippen LogP contribution in [0.15, 0.2) is 18.2 Å². The largest absolute Gasteiger partial charge is 0.366 e. The van der Waals surface area contributed by atoms with Gasteiger partial charge in [0.25, 0.3) is 0 Å². The summed E-state index contributed by atoms with van der Waals surface area (Å²) in [5, 5.41) is 4.08. The van der Waals surface area contributed by atoms with Crippen molar-refractivity contribution in [2.45, 2.75) is 26.3 Å². The Balaban J connectivity index is 2.10. The van der Waals surface area contributed by atoms with Crippen LogP contribution in [0.5, 0.6) is 0 Å². The predicted molar refractivity (Wildman–Crippen MR) is 74.9 cm³/mol. The first-order valence-electron chi connectivity index (χ1n) is 6.49. The molecule has 0 spiro atoms. The Hall–Kier alpha value is -0.800. The third-order valence-corrected chi connectivity index (χ3v) is 3.50. The van der Waals surface area contributed by atoms with Crippen molar-refractivity contribution in [1.82, 2.24) is 5.32 Å². The lowest BCUT2D eigenvalue weighted by atomic mass is 10.0. The Morgan fingerprint density at radius 1 is 1.50 bits per heavy atom. The summed E-state index contributed by atoms with van der Waals surface area (Å²) in [6.45, 7) is 6.98. The summed E-state index contributed by atoms with van der Waals surface area (Å²) in [5.74, 6) is 0.455. The zero-order valence-electron chi connectivity index (χ0n) is 10.9. The highest BCUT2D eigenvalue weighted by Gasteiger charge is 2.22. The maximum atomic E-state index is 13.8. The molecule has 1 fully saturated rings. The fourth-order valence-corrected chi connectivity index (χ4v) is 2.67. The average molecular weight is 271 g/mol. The minimum absolute atomic E-state index is 0.190. The minimum Gasteiger partial charge on any atom is -0.366 e. The van der Waals surface area contributed by atoms with Crippen LogP contribution in [0.3, 0.4) is 0 Å². The molecule has 4 heteroatoms. The number of benzene rings is 1. The average Bonchev–Trinajstić information content (AvgIpc) is 2.32. The standard InChI is InChI=1S/C14H20ClFN2/c1-10(2)7-12-9-18(6-5-17-12)14-8-11(15)3-4-13(14)16/h3-4,8,10,12,17H,5-7,9H2,1-2H3. The van der Waals surface area contributed by atoms with Crippen molar-refractivity contribution in [3.63, 3.8) is 0 Å². The van der Waals surface area contributed by atoms with E-state index < -0.39 is 0 Å². The summed E-state index contributed by atoms with van der Waals surface area (Å²) in [5.41, 5.74) is 0.623. The smallest absolute Gasteiger partial charge is 0.146 e. The van der Waals surface area contributed by atoms with Gasteiger partial charge in [-0.15, -0.1) is 0 Å². The van der Waals surface area contributed by atoms with E-state index in [2.05, 4.69) is 24.1 Å². The van der Waals surface area contributed by atoms with Crippen LogP contribution >= 0.6 is 11.6 Å². The number of piperazine rings is 1. The van der Waals surface area contributed by atoms with E-state index in [4.69, 9.17) is 11.6 Å². The molecule has 0 aromatic heterocycles. The van der Waals surface area contributed by atoms with Crippen molar-refractivity contribution in [3.8, 4) is 0 Å². The van der Waals surface area contributed by atoms with Crippen LogP contribution in [0.25, 0.3) is 0 Å². The number of anilines is 1. The zero-order valence-corrected chi connectivity index (χ0v) is 11.7. The van der Waals surface area contributed by atoms with E-state index >= 15 is 0 Å². The third-order valence-electron chi connectivity index (χ3n) is 3.26. The van der Waals surface area contributed by atoms with E-state index in [0.29, 0.717) is 22.7 Å². The molecule has 1 aromatic carbocycles. The molecule has 1 aliphatic heterocycles. The van der Waals surface area contributed by atoms with Crippen molar-refractivity contribution < 1.29 is 4.39 Å². The van der Waals surface area contributed by atoms with Gasteiger partial charge >= 0.3 is 0 Å². The van der Waals surface area contributed by atoms with E-state index in [9.17, 15) is 4.39 Å². The number of halogens is 2. The first-order valence-corrected chi connectivity index (χ1v) is 6.87. The van der Waals surface area contributed by atoms with Gasteiger partial charge in [-0.1, -0.05) is 25.4 Å². The highest BCUT2D eigenvalue weighted by Crippen LogP contribution is 2.25. The Bertz CT molecular complexity index is 409. The summed E-state index contributed by atoms with van der Waals surface area (Å²) in [6.07, 6.45) is 1.11. The highest BCUT2D eigenvalue weighted by atomic mass is 35.5. The van der Waals surface area contributed by atoms with Gasteiger partial charge in [-0.25, -0.2) is 4.39 Å². The van der Waals surface area contributed by atoms with Gasteiger partial charge in [-0.05, 0) is 30.5 Å². The van der Waals surface area contributed by atoms with Crippen LogP contribution in [-0.4, -0.2) is 25.7 Å². The second kappa shape index (κ2) is 5.89. The van der Waals surface area contributed by atoms with Crippen LogP contribution in [0, 0.1) is 11.7 Å². The summed E-state index contributed by atoms with van der Waals surface area (Å²) < 4.78 is 13.8. The number of hydrogen-bond acceptors (Lipinski definition) is 2. The van der Waals surface area contributed by atoms with E-state index in [1.54, 1.807) is 12.1 Å². The lowest BCUT2D eigenvalue weighted by Crippen LogP contribution is -2.51. The molecule has 1 atom stereocenters. The topological polar surface area (TPSA) is 15.3 Å². The molecule has 18 heavy (non-hydrogen) atoms. The summed E-state index contributed by atoms with van der Waals surface area (Å²) in [4.78, 5) is 2.09. The van der Waals surface area contributed by atoms with Crippen LogP contribution in [0.2, 0.25) is 5.02 Å². The third kappa shape index (κ3) is 3.36. The van der Waals surface area contributed by atoms with Crippen molar-refractivity contribution in [1.29, 1.82) is 0 Å². The molecule has 0 saturated carbocycles. The molecule has 1 heterocycles. The quantitative estimate of drug-likeness (QED) is 0.907. The van der Waals surface area contributed by atoms with E-state index in [0.717, 1.165) is 26.1 Å². The van der Waals surface area contributed by atoms with Gasteiger partial charge in [0.05, 0.1) is 5.69 Å². The van der Waals surface area contributed by atoms with Gasteiger partial charge in [-0.3, -0.25) is 0 Å². The molecular formula is C14H20ClFN2. The van der Waals surface area contributed by atoms with Crippen molar-refractivity contribution in [3.05, 3.63) is 29.0 Å². The lowest BCUT2D eigenvalue weighted by molar-refractivity contribution is 0.386. The molecule has 0 aliphatic carbocycles. The molecule has 0 radical (unpaired) electrons. The molecular weight excluding hydrogens is 251 g/mol. The fraction of sp³-hybridized carbons (Fsp3) is 0.571. The van der Waals surface area contributed by atoms with Crippen LogP contribution in [0.4, 0.5) is 10.1 Å². The fourth-order valence-electron chi connectivity index (χ4n) is 2.50. The molecule has 100 valence electrons. The van der Waals surface area contributed by atoms with E-state index in [1.807, 2.05) is 0 Å². The maximum absolute atomic E-state index is 13.8. The molecule has 1 N–H and O–H groups in total. The Morgan fingerprint density at radius 2 is 2.28 bits per heavy atom. The van der Waals surface area contributed by atoms with Crippen molar-refractivity contribution in [2.75, 3.05) is 24.5 Å². The Labute approximate surface area is 113 Å². The van der Waals surface area contributed by atoms with Gasteiger partial charge in [0, 0.05) is 30.7 Å². The SMILES string of the molecule is CC(C)CC1CN(c2cc(Cl)ccc2F)CCN1. The first kappa shape index (κ1) is 13.6. The second-order valence-corrected chi connectivity index (χ2v) is 5.76. The highest BCUT2D eigenvalue weighted by molar-refractivity contribution is 6.30. The summed E-state index contributed by atoms with van der Waals surface area (Å²) >= 11 is 5.95. The summed E-state index contributed by atoms with van der Waals surface area (Å²) in [7, 11) is 0. The predicted octanol–water partition coefficient (Wildman–Crippen LogP) is 3.30. The van der Waals surface area contributed by atoms with Crippen LogP contribution < -0.4 is 10.2 Å². The van der Waals surface area contributed by atoms with Gasteiger partial charge < -0.3 is 10.2 Å². The molecule has 0 bridgehead atoms. The van der Waals surface area contributed by atoms with Gasteiger partial charge in [0.1, 0.15) is 5.82 Å². The molecule has 0 amide bonds. The van der Waals surface area contributed by atoms with Crippen LogP contribution in [-0.2, 0) is 0 Å². The van der Waals surface area contributed by atoms with Crippen LogP contribution in [0.1, 0.15) is 20.3 Å². The Morgan fingerprint density at radius 3 is 3.00 bits per heavy atom. The number of rotatable bonds is 3. The monoisotopic (exact) mass is 270 g/mol. The Kier molecular flexibility index (Phi) is 4.46. The molecule has 2 rings (SSSR count). The van der Waals surface area contributed by atoms with Gasteiger partial charge in [-0.2, -0.15) is 0 Å². The van der Waals surface area contributed by atoms with E-state index in [1.165, 1.54) is 6.07 Å². The number of nitrogens with zero attached hydrogens (tertiary/aromatic N) is 1. The lowest BCUT2D eigenvalue weighted by Gasteiger charge is -2.36. The summed E-state index contributed by atoms with van der Waals surface area (Å²) in [6, 6.07) is 5.18. The molecule has 1 aromatic rings. The normalized spacial score (nSPS) is 20.5. The molecule has 2 nitrogen and oxygen atoms in total.